The van der Waals surface area contributed by atoms with Crippen LogP contribution in [0.3, 0.4) is 0 Å². The summed E-state index contributed by atoms with van der Waals surface area (Å²) in [6.07, 6.45) is 5.21. The van der Waals surface area contributed by atoms with Crippen LogP contribution >= 0.6 is 11.3 Å². The molecule has 134 valence electrons. The summed E-state index contributed by atoms with van der Waals surface area (Å²) >= 11 is 1.65. The normalized spacial score (nSPS) is 17.0. The van der Waals surface area contributed by atoms with Crippen LogP contribution in [0.5, 0.6) is 0 Å². The number of aromatic nitrogens is 3. The number of hydrogen-bond acceptors (Lipinski definition) is 6. The Labute approximate surface area is 154 Å². The van der Waals surface area contributed by atoms with Gasteiger partial charge in [-0.3, -0.25) is 4.79 Å². The molecule has 3 aromatic rings. The summed E-state index contributed by atoms with van der Waals surface area (Å²) in [7, 11) is 0. The smallest absolute Gasteiger partial charge is 0.344 e. The molecule has 0 aliphatic carbocycles. The zero-order valence-electron chi connectivity index (χ0n) is 14.3. The average Bonchev–Trinajstić information content (AvgIpc) is 3.36. The first-order chi connectivity index (χ1) is 12.6. The fourth-order valence-electron chi connectivity index (χ4n) is 3.36. The highest BCUT2D eigenvalue weighted by molar-refractivity contribution is 7.10. The van der Waals surface area contributed by atoms with Crippen molar-refractivity contribution in [2.75, 3.05) is 13.2 Å². The van der Waals surface area contributed by atoms with Crippen LogP contribution in [0.2, 0.25) is 0 Å². The van der Waals surface area contributed by atoms with E-state index >= 15 is 0 Å². The molecule has 26 heavy (non-hydrogen) atoms. The minimum Gasteiger partial charge on any atom is -0.452 e. The predicted molar refractivity (Wildman–Crippen MR) is 96.0 cm³/mol. The summed E-state index contributed by atoms with van der Waals surface area (Å²) < 4.78 is 6.82. The lowest BCUT2D eigenvalue weighted by Crippen LogP contribution is -2.34. The Morgan fingerprint density at radius 2 is 2.27 bits per heavy atom. The Hall–Kier alpha value is -2.74. The van der Waals surface area contributed by atoms with E-state index in [1.165, 1.54) is 9.39 Å². The van der Waals surface area contributed by atoms with Gasteiger partial charge in [-0.1, -0.05) is 6.07 Å². The van der Waals surface area contributed by atoms with Crippen LogP contribution in [-0.4, -0.2) is 44.5 Å². The van der Waals surface area contributed by atoms with Crippen molar-refractivity contribution in [2.24, 2.45) is 0 Å². The van der Waals surface area contributed by atoms with Crippen molar-refractivity contribution in [1.29, 1.82) is 0 Å². The fourth-order valence-corrected chi connectivity index (χ4v) is 4.23. The molecule has 1 aliphatic rings. The van der Waals surface area contributed by atoms with E-state index in [2.05, 4.69) is 10.1 Å². The zero-order chi connectivity index (χ0) is 18.1. The van der Waals surface area contributed by atoms with Gasteiger partial charge in [-0.25, -0.2) is 14.3 Å². The molecule has 7 nitrogen and oxygen atoms in total. The zero-order valence-corrected chi connectivity index (χ0v) is 15.1. The molecule has 0 aromatic carbocycles. The number of fused-ring (bicyclic) bond motifs is 1. The van der Waals surface area contributed by atoms with Crippen molar-refractivity contribution >= 4 is 28.9 Å². The fraction of sp³-hybridized carbons (Fsp3) is 0.333. The van der Waals surface area contributed by atoms with E-state index in [1.54, 1.807) is 41.6 Å². The predicted octanol–water partition coefficient (Wildman–Crippen LogP) is 2.62. The number of nitrogens with zero attached hydrogens (tertiary/aromatic N) is 4. The van der Waals surface area contributed by atoms with E-state index in [-0.39, 0.29) is 18.6 Å². The van der Waals surface area contributed by atoms with Crippen LogP contribution in [0.4, 0.5) is 0 Å². The number of ether oxygens (including phenoxy) is 1. The average molecular weight is 370 g/mol. The summed E-state index contributed by atoms with van der Waals surface area (Å²) in [5.41, 5.74) is 1.26. The van der Waals surface area contributed by atoms with E-state index in [9.17, 15) is 9.59 Å². The molecule has 1 aliphatic heterocycles. The number of carbonyl (C=O) groups is 2. The van der Waals surface area contributed by atoms with Crippen molar-refractivity contribution in [3.05, 3.63) is 52.1 Å². The number of hydrogen-bond donors (Lipinski definition) is 0. The van der Waals surface area contributed by atoms with Gasteiger partial charge < -0.3 is 9.64 Å². The maximum absolute atomic E-state index is 12.6. The molecule has 4 heterocycles. The minimum absolute atomic E-state index is 0.0848. The minimum atomic E-state index is -0.573. The topological polar surface area (TPSA) is 76.8 Å². The molecule has 0 radical (unpaired) electrons. The maximum Gasteiger partial charge on any atom is 0.344 e. The van der Waals surface area contributed by atoms with Crippen molar-refractivity contribution in [2.45, 2.75) is 25.8 Å². The van der Waals surface area contributed by atoms with Crippen LogP contribution in [0.15, 0.2) is 36.0 Å². The Morgan fingerprint density at radius 1 is 1.38 bits per heavy atom. The van der Waals surface area contributed by atoms with Crippen LogP contribution in [-0.2, 0) is 9.53 Å². The molecule has 1 saturated heterocycles. The van der Waals surface area contributed by atoms with Gasteiger partial charge in [0.25, 0.3) is 5.91 Å². The van der Waals surface area contributed by atoms with Gasteiger partial charge in [0.1, 0.15) is 5.56 Å². The first kappa shape index (κ1) is 16.7. The lowest BCUT2D eigenvalue weighted by molar-refractivity contribution is -0.135. The molecule has 1 atom stereocenters. The van der Waals surface area contributed by atoms with E-state index in [0.717, 1.165) is 12.8 Å². The lowest BCUT2D eigenvalue weighted by atomic mass is 10.2. The molecule has 1 fully saturated rings. The number of aryl methyl sites for hydroxylation is 1. The Balaban J connectivity index is 1.45. The highest BCUT2D eigenvalue weighted by Gasteiger charge is 2.31. The Kier molecular flexibility index (Phi) is 4.42. The summed E-state index contributed by atoms with van der Waals surface area (Å²) in [6.45, 7) is 2.14. The molecule has 3 aromatic heterocycles. The van der Waals surface area contributed by atoms with Gasteiger partial charge in [-0.2, -0.15) is 5.10 Å². The molecule has 0 N–H and O–H groups in total. The van der Waals surface area contributed by atoms with Gasteiger partial charge in [0.05, 0.1) is 11.7 Å². The van der Waals surface area contributed by atoms with Crippen LogP contribution in [0, 0.1) is 6.92 Å². The van der Waals surface area contributed by atoms with Crippen molar-refractivity contribution < 1.29 is 14.3 Å². The van der Waals surface area contributed by atoms with Gasteiger partial charge in [0, 0.05) is 23.8 Å². The number of carbonyl (C=O) groups excluding carboxylic acids is 2. The SMILES string of the molecule is Cc1nn2cccnc2c1C(=O)OCC(=O)N1CCCC1c1cccs1. The van der Waals surface area contributed by atoms with Gasteiger partial charge in [0.2, 0.25) is 0 Å². The molecule has 0 bridgehead atoms. The molecular weight excluding hydrogens is 352 g/mol. The van der Waals surface area contributed by atoms with E-state index in [4.69, 9.17) is 4.74 Å². The number of esters is 1. The third kappa shape index (κ3) is 2.96. The van der Waals surface area contributed by atoms with Crippen LogP contribution in [0.25, 0.3) is 5.65 Å². The quantitative estimate of drug-likeness (QED) is 0.660. The number of thiophene rings is 1. The molecule has 4 rings (SSSR count). The van der Waals surface area contributed by atoms with Gasteiger partial charge in [-0.15, -0.1) is 11.3 Å². The maximum atomic E-state index is 12.6. The second kappa shape index (κ2) is 6.87. The van der Waals surface area contributed by atoms with Crippen LogP contribution in [0.1, 0.15) is 39.8 Å². The van der Waals surface area contributed by atoms with E-state index in [1.807, 2.05) is 17.5 Å². The number of rotatable bonds is 4. The van der Waals surface area contributed by atoms with Crippen molar-refractivity contribution in [3.63, 3.8) is 0 Å². The summed E-state index contributed by atoms with van der Waals surface area (Å²) in [5, 5.41) is 6.26. The van der Waals surface area contributed by atoms with E-state index < -0.39 is 5.97 Å². The largest absolute Gasteiger partial charge is 0.452 e. The lowest BCUT2D eigenvalue weighted by Gasteiger charge is -2.23. The first-order valence-electron chi connectivity index (χ1n) is 8.45. The Bertz CT molecular complexity index is 951. The summed E-state index contributed by atoms with van der Waals surface area (Å²) in [6, 6.07) is 5.85. The number of amides is 1. The van der Waals surface area contributed by atoms with Gasteiger partial charge in [0.15, 0.2) is 12.3 Å². The number of likely N-dealkylation sites (tertiary alicyclic amines) is 1. The highest BCUT2D eigenvalue weighted by atomic mass is 32.1. The van der Waals surface area contributed by atoms with Gasteiger partial charge >= 0.3 is 5.97 Å². The molecule has 0 spiro atoms. The monoisotopic (exact) mass is 370 g/mol. The molecule has 1 unspecified atom stereocenters. The van der Waals surface area contributed by atoms with Gasteiger partial charge in [-0.05, 0) is 37.3 Å². The summed E-state index contributed by atoms with van der Waals surface area (Å²) in [5.74, 6) is -0.743. The molecule has 1 amide bonds. The second-order valence-corrected chi connectivity index (χ2v) is 7.16. The molecule has 8 heteroatoms. The highest BCUT2D eigenvalue weighted by Crippen LogP contribution is 2.34. The van der Waals surface area contributed by atoms with E-state index in [0.29, 0.717) is 23.4 Å². The third-order valence-electron chi connectivity index (χ3n) is 4.55. The van der Waals surface area contributed by atoms with Crippen molar-refractivity contribution in [3.8, 4) is 0 Å². The Morgan fingerprint density at radius 3 is 3.08 bits per heavy atom. The third-order valence-corrected chi connectivity index (χ3v) is 5.52. The van der Waals surface area contributed by atoms with Crippen molar-refractivity contribution in [1.82, 2.24) is 19.5 Å². The molecule has 0 saturated carbocycles. The summed E-state index contributed by atoms with van der Waals surface area (Å²) in [4.78, 5) is 32.2. The van der Waals surface area contributed by atoms with Crippen LogP contribution < -0.4 is 0 Å². The standard InChI is InChI=1S/C18H18N4O3S/c1-12-16(17-19-7-4-9-22(17)20-12)18(24)25-11-15(23)21-8-2-5-13(21)14-6-3-10-26-14/h3-4,6-7,9-10,13H,2,5,8,11H2,1H3. The first-order valence-corrected chi connectivity index (χ1v) is 9.33. The second-order valence-electron chi connectivity index (χ2n) is 6.18. The molecular formula is C18H18N4O3S.